The molecule has 0 spiro atoms. The van der Waals surface area contributed by atoms with Crippen molar-refractivity contribution in [3.8, 4) is 0 Å². The van der Waals surface area contributed by atoms with Gasteiger partial charge in [-0.05, 0) is 54.6 Å². The molecule has 0 saturated heterocycles. The molecule has 52 heavy (non-hydrogen) atoms. The van der Waals surface area contributed by atoms with E-state index in [0.29, 0.717) is 28.3 Å². The predicted molar refractivity (Wildman–Crippen MR) is 200 cm³/mol. The molecule has 14 heteroatoms. The number of fused-ring (bicyclic) bond motifs is 1. The fourth-order valence-electron chi connectivity index (χ4n) is 5.24. The van der Waals surface area contributed by atoms with Crippen LogP contribution < -0.4 is 21.3 Å². The van der Waals surface area contributed by atoms with Gasteiger partial charge in [-0.3, -0.25) is 29.3 Å². The number of nitro benzene ring substituents is 1. The topological polar surface area (TPSA) is 177 Å². The highest BCUT2D eigenvalue weighted by Gasteiger charge is 2.34. The number of hydrogen-bond acceptors (Lipinski definition) is 8. The van der Waals surface area contributed by atoms with E-state index in [4.69, 9.17) is 0 Å². The molecule has 0 bridgehead atoms. The van der Waals surface area contributed by atoms with Crippen LogP contribution in [0, 0.1) is 16.0 Å². The summed E-state index contributed by atoms with van der Waals surface area (Å²) in [7, 11) is 0. The molecule has 0 radical (unpaired) electrons. The lowest BCUT2D eigenvalue weighted by Crippen LogP contribution is -2.38. The number of amides is 4. The Bertz CT molecular complexity index is 2110. The summed E-state index contributed by atoms with van der Waals surface area (Å²) < 4.78 is 1.52. The highest BCUT2D eigenvalue weighted by Crippen LogP contribution is 2.32. The quantitative estimate of drug-likeness (QED) is 0.0449. The fraction of sp³-hybridized carbons (Fsp3) is 0.0789. The normalized spacial score (nSPS) is 10.9. The summed E-state index contributed by atoms with van der Waals surface area (Å²) >= 11 is 0.778. The first-order valence-electron chi connectivity index (χ1n) is 16.0. The van der Waals surface area contributed by atoms with Crippen LogP contribution in [0.3, 0.4) is 0 Å². The van der Waals surface area contributed by atoms with Gasteiger partial charge in [0.05, 0.1) is 16.0 Å². The molecule has 0 aliphatic rings. The molecule has 5 aromatic carbocycles. The monoisotopic (exact) mass is 713 g/mol. The molecule has 260 valence electrons. The van der Waals surface area contributed by atoms with Crippen LogP contribution in [0.25, 0.3) is 11.0 Å². The maximum Gasteiger partial charge on any atom is 0.271 e. The Morgan fingerprint density at radius 1 is 0.615 bits per heavy atom. The van der Waals surface area contributed by atoms with E-state index in [0.717, 1.165) is 11.8 Å². The standard InChI is InChI=1S/C38H31N7O6S/c46-34(39-25-13-5-1-6-14-25)30(35(47)40-26-15-7-2-8-16-26)24-44-32-22-21-29(45(50)51)23-31(32)43-38(44)52-33(36(48)41-27-17-9-3-10-18-27)37(49)42-28-19-11-4-12-20-28/h1-23,30,33H,24H2,(H,39,46)(H,40,47)(H,41,48)(H,42,49). The summed E-state index contributed by atoms with van der Waals surface area (Å²) in [5.74, 6) is -4.00. The number of non-ortho nitro benzene ring substituents is 1. The van der Waals surface area contributed by atoms with Gasteiger partial charge < -0.3 is 25.8 Å². The van der Waals surface area contributed by atoms with Crippen LogP contribution in [0.4, 0.5) is 28.4 Å². The number of nitrogens with zero attached hydrogens (tertiary/aromatic N) is 3. The number of para-hydroxylation sites is 4. The number of rotatable bonds is 13. The molecule has 4 N–H and O–H groups in total. The molecular formula is C38H31N7O6S. The van der Waals surface area contributed by atoms with Crippen LogP contribution in [0.5, 0.6) is 0 Å². The van der Waals surface area contributed by atoms with E-state index >= 15 is 0 Å². The highest BCUT2D eigenvalue weighted by atomic mass is 32.2. The van der Waals surface area contributed by atoms with Gasteiger partial charge in [0.25, 0.3) is 5.69 Å². The summed E-state index contributed by atoms with van der Waals surface area (Å²) in [5.41, 5.74) is 2.07. The number of hydrogen-bond donors (Lipinski definition) is 4. The zero-order valence-corrected chi connectivity index (χ0v) is 28.2. The Balaban J connectivity index is 1.41. The highest BCUT2D eigenvalue weighted by molar-refractivity contribution is 8.01. The van der Waals surface area contributed by atoms with Crippen molar-refractivity contribution in [2.45, 2.75) is 17.0 Å². The Kier molecular flexibility index (Phi) is 11.0. The molecular weight excluding hydrogens is 683 g/mol. The third-order valence-corrected chi connectivity index (χ3v) is 8.96. The van der Waals surface area contributed by atoms with E-state index in [1.807, 2.05) is 0 Å². The predicted octanol–water partition coefficient (Wildman–Crippen LogP) is 6.58. The van der Waals surface area contributed by atoms with Gasteiger partial charge in [-0.2, -0.15) is 0 Å². The molecule has 0 aliphatic carbocycles. The molecule has 0 aliphatic heterocycles. The number of nitrogens with one attached hydrogen (secondary N) is 4. The number of aromatic nitrogens is 2. The zero-order valence-electron chi connectivity index (χ0n) is 27.3. The van der Waals surface area contributed by atoms with Crippen LogP contribution in [0.1, 0.15) is 0 Å². The number of nitro groups is 1. The smallest absolute Gasteiger partial charge is 0.271 e. The van der Waals surface area contributed by atoms with Crippen molar-refractivity contribution in [3.05, 3.63) is 150 Å². The summed E-state index contributed by atoms with van der Waals surface area (Å²) in [6.45, 7) is -0.304. The van der Waals surface area contributed by atoms with Gasteiger partial charge in [-0.1, -0.05) is 84.6 Å². The molecule has 6 aromatic rings. The summed E-state index contributed by atoms with van der Waals surface area (Å²) in [6, 6.07) is 38.4. The van der Waals surface area contributed by atoms with Gasteiger partial charge in [0, 0.05) is 41.4 Å². The average Bonchev–Trinajstić information content (AvgIpc) is 3.50. The number of benzene rings is 5. The van der Waals surface area contributed by atoms with Crippen molar-refractivity contribution in [1.82, 2.24) is 9.55 Å². The largest absolute Gasteiger partial charge is 0.325 e. The van der Waals surface area contributed by atoms with Crippen LogP contribution in [0.15, 0.2) is 145 Å². The Labute approximate surface area is 301 Å². The lowest BCUT2D eigenvalue weighted by atomic mass is 10.1. The average molecular weight is 714 g/mol. The first kappa shape index (κ1) is 35.0. The van der Waals surface area contributed by atoms with Crippen molar-refractivity contribution < 1.29 is 24.1 Å². The van der Waals surface area contributed by atoms with Crippen molar-refractivity contribution in [1.29, 1.82) is 0 Å². The molecule has 0 saturated carbocycles. The van der Waals surface area contributed by atoms with Crippen molar-refractivity contribution >= 4 is 74.9 Å². The number of imidazole rings is 1. The molecule has 1 heterocycles. The van der Waals surface area contributed by atoms with Gasteiger partial charge in [0.1, 0.15) is 5.92 Å². The molecule has 0 fully saturated rings. The van der Waals surface area contributed by atoms with E-state index in [1.54, 1.807) is 121 Å². The fourth-order valence-corrected chi connectivity index (χ4v) is 6.23. The molecule has 0 unspecified atom stereocenters. The molecule has 1 aromatic heterocycles. The molecule has 0 atom stereocenters. The summed E-state index contributed by atoms with van der Waals surface area (Å²) in [6.07, 6.45) is 0. The minimum absolute atomic E-state index is 0.0666. The van der Waals surface area contributed by atoms with Crippen LogP contribution >= 0.6 is 11.8 Å². The third-order valence-electron chi connectivity index (χ3n) is 7.77. The van der Waals surface area contributed by atoms with E-state index < -0.39 is 39.7 Å². The maximum absolute atomic E-state index is 13.9. The second kappa shape index (κ2) is 16.3. The van der Waals surface area contributed by atoms with Gasteiger partial charge in [-0.25, -0.2) is 4.98 Å². The zero-order chi connectivity index (χ0) is 36.5. The van der Waals surface area contributed by atoms with Gasteiger partial charge >= 0.3 is 0 Å². The first-order chi connectivity index (χ1) is 25.2. The Morgan fingerprint density at radius 2 is 1.02 bits per heavy atom. The van der Waals surface area contributed by atoms with Crippen LogP contribution in [-0.4, -0.2) is 43.4 Å². The van der Waals surface area contributed by atoms with Gasteiger partial charge in [-0.15, -0.1) is 0 Å². The molecule has 6 rings (SSSR count). The number of thioether (sulfide) groups is 1. The maximum atomic E-state index is 13.9. The first-order valence-corrected chi connectivity index (χ1v) is 16.9. The van der Waals surface area contributed by atoms with Gasteiger partial charge in [0.2, 0.25) is 23.6 Å². The minimum Gasteiger partial charge on any atom is -0.325 e. The SMILES string of the molecule is O=C(Nc1ccccc1)C(Cn1c(SC(C(=O)Nc2ccccc2)C(=O)Nc2ccccc2)nc2cc([N+](=O)[O-])ccc21)C(=O)Nc1ccccc1. The minimum atomic E-state index is -1.44. The number of anilines is 4. The van der Waals surface area contributed by atoms with Crippen LogP contribution in [0.2, 0.25) is 0 Å². The van der Waals surface area contributed by atoms with E-state index in [1.165, 1.54) is 22.8 Å². The second-order valence-electron chi connectivity index (χ2n) is 11.4. The molecule has 13 nitrogen and oxygen atoms in total. The van der Waals surface area contributed by atoms with Crippen molar-refractivity contribution in [2.24, 2.45) is 5.92 Å². The number of carbonyl (C=O) groups is 4. The van der Waals surface area contributed by atoms with E-state index in [-0.39, 0.29) is 22.9 Å². The lowest BCUT2D eigenvalue weighted by molar-refractivity contribution is -0.384. The number of carbonyl (C=O) groups excluding carboxylic acids is 4. The Morgan fingerprint density at radius 3 is 1.42 bits per heavy atom. The summed E-state index contributed by atoms with van der Waals surface area (Å²) in [4.78, 5) is 71.1. The third kappa shape index (κ3) is 8.67. The van der Waals surface area contributed by atoms with E-state index in [2.05, 4.69) is 26.3 Å². The van der Waals surface area contributed by atoms with Crippen molar-refractivity contribution in [3.63, 3.8) is 0 Å². The molecule has 4 amide bonds. The lowest BCUT2D eigenvalue weighted by Gasteiger charge is -2.20. The van der Waals surface area contributed by atoms with E-state index in [9.17, 15) is 29.3 Å². The van der Waals surface area contributed by atoms with Gasteiger partial charge in [0.15, 0.2) is 10.4 Å². The second-order valence-corrected chi connectivity index (χ2v) is 12.5. The summed E-state index contributed by atoms with van der Waals surface area (Å²) in [5, 5.41) is 21.4. The van der Waals surface area contributed by atoms with Crippen molar-refractivity contribution in [2.75, 3.05) is 21.3 Å². The van der Waals surface area contributed by atoms with Crippen LogP contribution in [-0.2, 0) is 25.7 Å². The Hall–Kier alpha value is -6.80.